The Hall–Kier alpha value is -3.35. The second-order valence-electron chi connectivity index (χ2n) is 9.55. The van der Waals surface area contributed by atoms with Crippen molar-refractivity contribution in [2.45, 2.75) is 58.9 Å². The Morgan fingerprint density at radius 2 is 1.58 bits per heavy atom. The fourth-order valence-corrected chi connectivity index (χ4v) is 3.95. The number of hydrogen-bond donors (Lipinski definition) is 1. The number of imide groups is 1. The van der Waals surface area contributed by atoms with Gasteiger partial charge in [-0.05, 0) is 37.8 Å². The van der Waals surface area contributed by atoms with Gasteiger partial charge in [-0.1, -0.05) is 74.5 Å². The highest BCUT2D eigenvalue weighted by Crippen LogP contribution is 2.44. The van der Waals surface area contributed by atoms with E-state index in [1.165, 1.54) is 0 Å². The predicted molar refractivity (Wildman–Crippen MR) is 124 cm³/mol. The minimum absolute atomic E-state index is 0.0739. The van der Waals surface area contributed by atoms with Gasteiger partial charge < -0.3 is 14.8 Å². The topological polar surface area (TPSA) is 84.9 Å². The van der Waals surface area contributed by atoms with E-state index < -0.39 is 35.8 Å². The van der Waals surface area contributed by atoms with E-state index in [9.17, 15) is 14.4 Å². The van der Waals surface area contributed by atoms with Gasteiger partial charge in [-0.3, -0.25) is 4.79 Å². The molecule has 0 bridgehead atoms. The van der Waals surface area contributed by atoms with Gasteiger partial charge in [0.1, 0.15) is 12.2 Å². The molecule has 0 aromatic heterocycles. The Morgan fingerprint density at radius 1 is 1.00 bits per heavy atom. The van der Waals surface area contributed by atoms with Crippen molar-refractivity contribution in [3.63, 3.8) is 0 Å². The summed E-state index contributed by atoms with van der Waals surface area (Å²) in [5, 5.41) is 2.87. The molecule has 1 fully saturated rings. The Balaban J connectivity index is 1.79. The van der Waals surface area contributed by atoms with Crippen LogP contribution in [0.5, 0.6) is 0 Å². The molecule has 33 heavy (non-hydrogen) atoms. The van der Waals surface area contributed by atoms with Crippen LogP contribution in [-0.4, -0.2) is 34.6 Å². The lowest BCUT2D eigenvalue weighted by molar-refractivity contribution is -0.157. The normalized spacial score (nSPS) is 19.0. The zero-order chi connectivity index (χ0) is 24.2. The number of nitrogens with one attached hydrogen (secondary N) is 1. The van der Waals surface area contributed by atoms with Crippen molar-refractivity contribution in [3.8, 4) is 0 Å². The van der Waals surface area contributed by atoms with E-state index >= 15 is 0 Å². The van der Waals surface area contributed by atoms with E-state index in [0.717, 1.165) is 16.0 Å². The van der Waals surface area contributed by atoms with Crippen LogP contribution in [0.1, 0.15) is 51.8 Å². The average Bonchev–Trinajstić information content (AvgIpc) is 2.75. The van der Waals surface area contributed by atoms with Gasteiger partial charge in [0.2, 0.25) is 5.91 Å². The molecular formula is C26H32N2O5. The predicted octanol–water partition coefficient (Wildman–Crippen LogP) is 5.07. The number of nitrogens with zero attached hydrogens (tertiary/aromatic N) is 1. The third kappa shape index (κ3) is 5.92. The second-order valence-corrected chi connectivity index (χ2v) is 9.55. The molecule has 0 aliphatic carbocycles. The maximum absolute atomic E-state index is 13.2. The van der Waals surface area contributed by atoms with Crippen molar-refractivity contribution in [2.75, 3.05) is 0 Å². The summed E-state index contributed by atoms with van der Waals surface area (Å²) < 4.78 is 10.9. The quantitative estimate of drug-likeness (QED) is 0.619. The molecule has 1 N–H and O–H groups in total. The second kappa shape index (κ2) is 10.1. The first kappa shape index (κ1) is 24.3. The van der Waals surface area contributed by atoms with Crippen LogP contribution in [0.25, 0.3) is 0 Å². The van der Waals surface area contributed by atoms with Crippen molar-refractivity contribution in [3.05, 3.63) is 71.8 Å². The van der Waals surface area contributed by atoms with Gasteiger partial charge in [0.15, 0.2) is 0 Å². The van der Waals surface area contributed by atoms with Crippen molar-refractivity contribution in [1.29, 1.82) is 0 Å². The summed E-state index contributed by atoms with van der Waals surface area (Å²) in [4.78, 5) is 39.8. The lowest BCUT2D eigenvalue weighted by Gasteiger charge is -2.49. The first-order valence-corrected chi connectivity index (χ1v) is 11.2. The SMILES string of the molecule is CC(C)[C@H](NC(=O)OCc1ccccc1)[C@H]1C(=O)N(C(=O)OC(C)(C)C)[C@@H]1c1ccccc1. The number of hydrogen-bond acceptors (Lipinski definition) is 5. The van der Waals surface area contributed by atoms with E-state index in [1.807, 2.05) is 74.5 Å². The van der Waals surface area contributed by atoms with E-state index in [1.54, 1.807) is 20.8 Å². The maximum atomic E-state index is 13.2. The highest BCUT2D eigenvalue weighted by Gasteiger charge is 2.56. The molecule has 7 nitrogen and oxygen atoms in total. The van der Waals surface area contributed by atoms with Crippen molar-refractivity contribution in [2.24, 2.45) is 11.8 Å². The molecule has 3 rings (SSSR count). The molecule has 1 aliphatic heterocycles. The van der Waals surface area contributed by atoms with Crippen LogP contribution < -0.4 is 5.32 Å². The van der Waals surface area contributed by atoms with Crippen molar-refractivity contribution in [1.82, 2.24) is 10.2 Å². The number of rotatable bonds is 6. The van der Waals surface area contributed by atoms with Gasteiger partial charge in [0.05, 0.1) is 12.0 Å². The van der Waals surface area contributed by atoms with Crippen molar-refractivity contribution >= 4 is 18.1 Å². The molecule has 3 amide bonds. The minimum Gasteiger partial charge on any atom is -0.445 e. The molecule has 1 heterocycles. The fraction of sp³-hybridized carbons (Fsp3) is 0.423. The van der Waals surface area contributed by atoms with Crippen LogP contribution >= 0.6 is 0 Å². The van der Waals surface area contributed by atoms with Gasteiger partial charge in [-0.15, -0.1) is 0 Å². The van der Waals surface area contributed by atoms with Crippen LogP contribution in [0.4, 0.5) is 9.59 Å². The molecule has 0 unspecified atom stereocenters. The average molecular weight is 453 g/mol. The van der Waals surface area contributed by atoms with E-state index in [-0.39, 0.29) is 18.4 Å². The van der Waals surface area contributed by atoms with Gasteiger partial charge in [-0.25, -0.2) is 14.5 Å². The third-order valence-electron chi connectivity index (χ3n) is 5.47. The highest BCUT2D eigenvalue weighted by atomic mass is 16.6. The molecule has 176 valence electrons. The summed E-state index contributed by atoms with van der Waals surface area (Å²) in [5.41, 5.74) is 0.936. The summed E-state index contributed by atoms with van der Waals surface area (Å²) >= 11 is 0. The molecule has 3 atom stereocenters. The summed E-state index contributed by atoms with van der Waals surface area (Å²) in [6.07, 6.45) is -1.29. The van der Waals surface area contributed by atoms with Gasteiger partial charge in [0.25, 0.3) is 0 Å². The Morgan fingerprint density at radius 3 is 2.12 bits per heavy atom. The van der Waals surface area contributed by atoms with Crippen LogP contribution in [-0.2, 0) is 20.9 Å². The molecule has 7 heteroatoms. The summed E-state index contributed by atoms with van der Waals surface area (Å²) in [6.45, 7) is 9.24. The fourth-order valence-electron chi connectivity index (χ4n) is 3.95. The summed E-state index contributed by atoms with van der Waals surface area (Å²) in [5.74, 6) is -1.07. The van der Waals surface area contributed by atoms with Gasteiger partial charge in [0, 0.05) is 6.04 Å². The molecule has 2 aromatic carbocycles. The number of β-lactam (4-membered cyclic amide) rings is 1. The smallest absolute Gasteiger partial charge is 0.417 e. The third-order valence-corrected chi connectivity index (χ3v) is 5.47. The first-order valence-electron chi connectivity index (χ1n) is 11.2. The number of alkyl carbamates (subject to hydrolysis) is 1. The molecule has 1 aliphatic rings. The molecule has 0 radical (unpaired) electrons. The number of carbonyl (C=O) groups is 3. The molecular weight excluding hydrogens is 420 g/mol. The van der Waals surface area contributed by atoms with E-state index in [4.69, 9.17) is 9.47 Å². The largest absolute Gasteiger partial charge is 0.445 e. The molecule has 0 spiro atoms. The Bertz CT molecular complexity index is 969. The number of ether oxygens (including phenoxy) is 2. The van der Waals surface area contributed by atoms with Crippen LogP contribution in [0.2, 0.25) is 0 Å². The Labute approximate surface area is 195 Å². The minimum atomic E-state index is -0.735. The number of benzene rings is 2. The van der Waals surface area contributed by atoms with Crippen molar-refractivity contribution < 1.29 is 23.9 Å². The van der Waals surface area contributed by atoms with Gasteiger partial charge in [-0.2, -0.15) is 0 Å². The summed E-state index contributed by atoms with van der Waals surface area (Å²) in [6, 6.07) is 17.6. The number of amides is 3. The van der Waals surface area contributed by atoms with Gasteiger partial charge >= 0.3 is 12.2 Å². The van der Waals surface area contributed by atoms with E-state index in [0.29, 0.717) is 0 Å². The monoisotopic (exact) mass is 452 g/mol. The van der Waals surface area contributed by atoms with Crippen LogP contribution in [0.3, 0.4) is 0 Å². The first-order chi connectivity index (χ1) is 15.6. The number of carbonyl (C=O) groups excluding carboxylic acids is 3. The molecule has 1 saturated heterocycles. The lowest BCUT2D eigenvalue weighted by atomic mass is 9.74. The zero-order valence-electron chi connectivity index (χ0n) is 19.8. The van der Waals surface area contributed by atoms with E-state index in [2.05, 4.69) is 5.32 Å². The molecule has 2 aromatic rings. The summed E-state index contributed by atoms with van der Waals surface area (Å²) in [7, 11) is 0. The van der Waals surface area contributed by atoms with Crippen LogP contribution in [0, 0.1) is 11.8 Å². The maximum Gasteiger partial charge on any atom is 0.417 e. The molecule has 0 saturated carbocycles. The zero-order valence-corrected chi connectivity index (χ0v) is 19.8. The lowest BCUT2D eigenvalue weighted by Crippen LogP contribution is -2.65. The number of likely N-dealkylation sites (tertiary alicyclic amines) is 1. The highest BCUT2D eigenvalue weighted by molar-refractivity contribution is 6.00. The Kier molecular flexibility index (Phi) is 7.41. The van der Waals surface area contributed by atoms with Crippen LogP contribution in [0.15, 0.2) is 60.7 Å². The standard InChI is InChI=1S/C26H32N2O5/c1-17(2)21(27-24(30)32-16-18-12-8-6-9-13-18)20-22(19-14-10-7-11-15-19)28(23(20)29)25(31)33-26(3,4)5/h6-15,17,20-22H,16H2,1-5H3,(H,27,30)/t20-,21+,22-/m1/s1.